The summed E-state index contributed by atoms with van der Waals surface area (Å²) in [5.41, 5.74) is 9.54. The number of aryl methyl sites for hydroxylation is 3. The normalized spacial score (nSPS) is 15.1. The van der Waals surface area contributed by atoms with E-state index in [-0.39, 0.29) is 6.04 Å². The van der Waals surface area contributed by atoms with Crippen molar-refractivity contribution >= 4 is 0 Å². The molecule has 1 aromatic heterocycles. The fourth-order valence-corrected chi connectivity index (χ4v) is 3.05. The van der Waals surface area contributed by atoms with Gasteiger partial charge < -0.3 is 0 Å². The van der Waals surface area contributed by atoms with E-state index in [9.17, 15) is 0 Å². The molecule has 20 heavy (non-hydrogen) atoms. The second-order valence-electron chi connectivity index (χ2n) is 5.61. The van der Waals surface area contributed by atoms with Crippen LogP contribution in [0.1, 0.15) is 40.4 Å². The standard InChI is InChI=1S/C17H21N3/c1-12-9-16(7-8-19-12)17(20-18)11-13-5-6-14-3-2-4-15(14)10-13/h5-10,17,20H,2-4,11,18H2,1H3. The first-order valence-corrected chi connectivity index (χ1v) is 7.25. The molecule has 1 heterocycles. The van der Waals surface area contributed by atoms with Crippen molar-refractivity contribution in [2.45, 2.75) is 38.6 Å². The monoisotopic (exact) mass is 267 g/mol. The van der Waals surface area contributed by atoms with E-state index in [0.717, 1.165) is 12.1 Å². The van der Waals surface area contributed by atoms with Crippen molar-refractivity contribution in [2.24, 2.45) is 5.84 Å². The van der Waals surface area contributed by atoms with Gasteiger partial charge in [-0.2, -0.15) is 0 Å². The van der Waals surface area contributed by atoms with Gasteiger partial charge in [-0.1, -0.05) is 18.2 Å². The Morgan fingerprint density at radius 2 is 2.05 bits per heavy atom. The lowest BCUT2D eigenvalue weighted by molar-refractivity contribution is 0.551. The average molecular weight is 267 g/mol. The minimum atomic E-state index is 0.135. The molecule has 0 saturated heterocycles. The van der Waals surface area contributed by atoms with E-state index in [2.05, 4.69) is 34.7 Å². The molecule has 0 bridgehead atoms. The van der Waals surface area contributed by atoms with Gasteiger partial charge in [0.05, 0.1) is 6.04 Å². The van der Waals surface area contributed by atoms with Crippen LogP contribution >= 0.6 is 0 Å². The maximum atomic E-state index is 5.75. The molecule has 0 spiro atoms. The zero-order valence-corrected chi connectivity index (χ0v) is 11.9. The van der Waals surface area contributed by atoms with Gasteiger partial charge in [-0.3, -0.25) is 16.3 Å². The number of fused-ring (bicyclic) bond motifs is 1. The highest BCUT2D eigenvalue weighted by Crippen LogP contribution is 2.25. The molecule has 1 aliphatic carbocycles. The lowest BCUT2D eigenvalue weighted by Crippen LogP contribution is -2.29. The minimum Gasteiger partial charge on any atom is -0.271 e. The molecular weight excluding hydrogens is 246 g/mol. The van der Waals surface area contributed by atoms with E-state index in [1.54, 1.807) is 0 Å². The summed E-state index contributed by atoms with van der Waals surface area (Å²) in [5, 5.41) is 0. The predicted molar refractivity (Wildman–Crippen MR) is 81.2 cm³/mol. The Morgan fingerprint density at radius 1 is 1.20 bits per heavy atom. The summed E-state index contributed by atoms with van der Waals surface area (Å²) in [6.45, 7) is 2.01. The van der Waals surface area contributed by atoms with E-state index in [1.165, 1.54) is 41.5 Å². The van der Waals surface area contributed by atoms with Crippen LogP contribution in [0.4, 0.5) is 0 Å². The molecule has 1 atom stereocenters. The molecule has 0 saturated carbocycles. The molecule has 3 rings (SSSR count). The van der Waals surface area contributed by atoms with Crippen LogP contribution in [0.15, 0.2) is 36.5 Å². The number of nitrogens with zero attached hydrogens (tertiary/aromatic N) is 1. The molecule has 3 nitrogen and oxygen atoms in total. The van der Waals surface area contributed by atoms with Crippen molar-refractivity contribution in [1.82, 2.24) is 10.4 Å². The molecule has 104 valence electrons. The smallest absolute Gasteiger partial charge is 0.0501 e. The van der Waals surface area contributed by atoms with Crippen molar-refractivity contribution in [1.29, 1.82) is 0 Å². The van der Waals surface area contributed by atoms with Crippen molar-refractivity contribution in [3.63, 3.8) is 0 Å². The van der Waals surface area contributed by atoms with Crippen LogP contribution in [0.3, 0.4) is 0 Å². The van der Waals surface area contributed by atoms with Crippen molar-refractivity contribution in [3.8, 4) is 0 Å². The number of pyridine rings is 1. The van der Waals surface area contributed by atoms with Crippen LogP contribution in [0, 0.1) is 6.92 Å². The van der Waals surface area contributed by atoms with Crippen LogP contribution < -0.4 is 11.3 Å². The van der Waals surface area contributed by atoms with Gasteiger partial charge in [0.15, 0.2) is 0 Å². The fraction of sp³-hybridized carbons (Fsp3) is 0.353. The minimum absolute atomic E-state index is 0.135. The number of hydrazine groups is 1. The summed E-state index contributed by atoms with van der Waals surface area (Å²) in [7, 11) is 0. The Bertz CT molecular complexity index is 607. The Hall–Kier alpha value is -1.71. The summed E-state index contributed by atoms with van der Waals surface area (Å²) in [6.07, 6.45) is 6.50. The van der Waals surface area contributed by atoms with Crippen molar-refractivity contribution in [3.05, 3.63) is 64.5 Å². The van der Waals surface area contributed by atoms with E-state index in [1.807, 2.05) is 19.2 Å². The van der Waals surface area contributed by atoms with E-state index < -0.39 is 0 Å². The third kappa shape index (κ3) is 2.74. The third-order valence-corrected chi connectivity index (χ3v) is 4.13. The van der Waals surface area contributed by atoms with E-state index >= 15 is 0 Å². The maximum Gasteiger partial charge on any atom is 0.0501 e. The van der Waals surface area contributed by atoms with Crippen LogP contribution in [0.5, 0.6) is 0 Å². The number of aromatic nitrogens is 1. The Labute approximate surface area is 120 Å². The molecule has 0 fully saturated rings. The van der Waals surface area contributed by atoms with Crippen LogP contribution in [-0.2, 0) is 19.3 Å². The Kier molecular flexibility index (Phi) is 3.81. The molecule has 0 aliphatic heterocycles. The molecule has 1 unspecified atom stereocenters. The first-order valence-electron chi connectivity index (χ1n) is 7.25. The first kappa shape index (κ1) is 13.3. The number of hydrogen-bond acceptors (Lipinski definition) is 3. The number of rotatable bonds is 4. The average Bonchev–Trinajstić information content (AvgIpc) is 2.92. The van der Waals surface area contributed by atoms with E-state index in [4.69, 9.17) is 5.84 Å². The van der Waals surface area contributed by atoms with Crippen LogP contribution in [0.25, 0.3) is 0 Å². The summed E-state index contributed by atoms with van der Waals surface area (Å²) in [4.78, 5) is 4.24. The highest BCUT2D eigenvalue weighted by Gasteiger charge is 2.14. The molecule has 1 aliphatic rings. The van der Waals surface area contributed by atoms with Gasteiger partial charge in [0.2, 0.25) is 0 Å². The van der Waals surface area contributed by atoms with Gasteiger partial charge in [-0.05, 0) is 67.0 Å². The summed E-state index contributed by atoms with van der Waals surface area (Å²) < 4.78 is 0. The molecular formula is C17H21N3. The molecule has 0 amide bonds. The molecule has 3 heteroatoms. The van der Waals surface area contributed by atoms with Gasteiger partial charge in [-0.15, -0.1) is 0 Å². The molecule has 3 N–H and O–H groups in total. The number of hydrogen-bond donors (Lipinski definition) is 2. The first-order chi connectivity index (χ1) is 9.76. The van der Waals surface area contributed by atoms with E-state index in [0.29, 0.717) is 0 Å². The van der Waals surface area contributed by atoms with Crippen LogP contribution in [-0.4, -0.2) is 4.98 Å². The van der Waals surface area contributed by atoms with Gasteiger partial charge in [0.1, 0.15) is 0 Å². The third-order valence-electron chi connectivity index (χ3n) is 4.13. The second-order valence-corrected chi connectivity index (χ2v) is 5.61. The molecule has 2 aromatic rings. The highest BCUT2D eigenvalue weighted by molar-refractivity contribution is 5.36. The Balaban J connectivity index is 1.81. The predicted octanol–water partition coefficient (Wildman–Crippen LogP) is 2.63. The van der Waals surface area contributed by atoms with Gasteiger partial charge in [-0.25, -0.2) is 0 Å². The topological polar surface area (TPSA) is 50.9 Å². The maximum absolute atomic E-state index is 5.75. The van der Waals surface area contributed by atoms with Gasteiger partial charge in [0, 0.05) is 11.9 Å². The lowest BCUT2D eigenvalue weighted by atomic mass is 9.97. The molecule has 1 aromatic carbocycles. The quantitative estimate of drug-likeness (QED) is 0.661. The number of nitrogens with two attached hydrogens (primary N) is 1. The number of benzene rings is 1. The SMILES string of the molecule is Cc1cc(C(Cc2ccc3c(c2)CCC3)NN)ccn1. The summed E-state index contributed by atoms with van der Waals surface area (Å²) >= 11 is 0. The van der Waals surface area contributed by atoms with Gasteiger partial charge in [0.25, 0.3) is 0 Å². The second kappa shape index (κ2) is 5.73. The van der Waals surface area contributed by atoms with Gasteiger partial charge >= 0.3 is 0 Å². The number of nitrogens with one attached hydrogen (secondary N) is 1. The highest BCUT2D eigenvalue weighted by atomic mass is 15.2. The Morgan fingerprint density at radius 3 is 2.85 bits per heavy atom. The zero-order valence-electron chi connectivity index (χ0n) is 11.9. The zero-order chi connectivity index (χ0) is 13.9. The summed E-state index contributed by atoms with van der Waals surface area (Å²) in [5.74, 6) is 5.75. The lowest BCUT2D eigenvalue weighted by Gasteiger charge is -2.17. The molecule has 0 radical (unpaired) electrons. The largest absolute Gasteiger partial charge is 0.271 e. The van der Waals surface area contributed by atoms with Crippen molar-refractivity contribution < 1.29 is 0 Å². The van der Waals surface area contributed by atoms with Crippen molar-refractivity contribution in [2.75, 3.05) is 0 Å². The van der Waals surface area contributed by atoms with Crippen LogP contribution in [0.2, 0.25) is 0 Å². The summed E-state index contributed by atoms with van der Waals surface area (Å²) in [6, 6.07) is 11.1. The fourth-order valence-electron chi connectivity index (χ4n) is 3.05.